The van der Waals surface area contributed by atoms with Crippen LogP contribution in [-0.4, -0.2) is 15.2 Å². The maximum Gasteiger partial charge on any atom is 0.253 e. The maximum absolute atomic E-state index is 11.0. The smallest absolute Gasteiger partial charge is 0.253 e. The van der Waals surface area contributed by atoms with Gasteiger partial charge in [0, 0.05) is 0 Å². The molecule has 1 aromatic carbocycles. The first-order valence-corrected chi connectivity index (χ1v) is 5.03. The summed E-state index contributed by atoms with van der Waals surface area (Å²) in [5, 5.41) is -0.168. The predicted octanol–water partition coefficient (Wildman–Crippen LogP) is 3.32. The van der Waals surface area contributed by atoms with Crippen molar-refractivity contribution in [3.63, 3.8) is 0 Å². The highest BCUT2D eigenvalue weighted by molar-refractivity contribution is 6.69. The summed E-state index contributed by atoms with van der Waals surface area (Å²) >= 11 is 16.9. The van der Waals surface area contributed by atoms with Crippen LogP contribution in [0.2, 0.25) is 10.2 Å². The zero-order valence-corrected chi connectivity index (χ0v) is 9.44. The quantitative estimate of drug-likeness (QED) is 0.740. The number of carbonyl (C=O) groups excluding carboxylic acids is 1. The number of hydrogen-bond donors (Lipinski definition) is 0. The fourth-order valence-corrected chi connectivity index (χ4v) is 1.82. The Morgan fingerprint density at radius 1 is 1.27 bits per heavy atom. The number of aromatic nitrogens is 2. The third-order valence-electron chi connectivity index (χ3n) is 1.83. The minimum Gasteiger partial charge on any atom is -0.276 e. The summed E-state index contributed by atoms with van der Waals surface area (Å²) in [6, 6.07) is 3.08. The van der Waals surface area contributed by atoms with Gasteiger partial charge in [0.25, 0.3) is 5.24 Å². The number of fused-ring (bicyclic) bond motifs is 1. The molecule has 0 saturated heterocycles. The SMILES string of the molecule is O=C(Cl)c1ccc2nc(Cl)cnc2c1Cl. The topological polar surface area (TPSA) is 42.9 Å². The van der Waals surface area contributed by atoms with Crippen LogP contribution in [0.25, 0.3) is 11.0 Å². The zero-order chi connectivity index (χ0) is 11.0. The molecule has 0 radical (unpaired) electrons. The Morgan fingerprint density at radius 3 is 2.67 bits per heavy atom. The van der Waals surface area contributed by atoms with E-state index in [4.69, 9.17) is 34.8 Å². The number of hydrogen-bond acceptors (Lipinski definition) is 3. The summed E-state index contributed by atoms with van der Waals surface area (Å²) in [6.45, 7) is 0. The van der Waals surface area contributed by atoms with Gasteiger partial charge in [0.1, 0.15) is 10.7 Å². The van der Waals surface area contributed by atoms with Gasteiger partial charge in [-0.15, -0.1) is 0 Å². The number of nitrogens with zero attached hydrogens (tertiary/aromatic N) is 2. The van der Waals surface area contributed by atoms with E-state index in [1.54, 1.807) is 6.07 Å². The van der Waals surface area contributed by atoms with Crippen LogP contribution < -0.4 is 0 Å². The summed E-state index contributed by atoms with van der Waals surface area (Å²) in [7, 11) is 0. The van der Waals surface area contributed by atoms with Crippen LogP contribution in [0.1, 0.15) is 10.4 Å². The molecule has 2 rings (SSSR count). The van der Waals surface area contributed by atoms with E-state index in [2.05, 4.69) is 9.97 Å². The van der Waals surface area contributed by atoms with Crippen molar-refractivity contribution >= 4 is 51.1 Å². The second-order valence-corrected chi connectivity index (χ2v) is 3.87. The summed E-state index contributed by atoms with van der Waals surface area (Å²) in [6.07, 6.45) is 1.36. The van der Waals surface area contributed by atoms with Crippen molar-refractivity contribution < 1.29 is 4.79 Å². The lowest BCUT2D eigenvalue weighted by Crippen LogP contribution is -1.93. The van der Waals surface area contributed by atoms with Crippen molar-refractivity contribution in [3.05, 3.63) is 34.1 Å². The van der Waals surface area contributed by atoms with Gasteiger partial charge >= 0.3 is 0 Å². The summed E-state index contributed by atoms with van der Waals surface area (Å²) < 4.78 is 0. The first-order chi connectivity index (χ1) is 7.09. The summed E-state index contributed by atoms with van der Waals surface area (Å²) in [5.41, 5.74) is 1.14. The van der Waals surface area contributed by atoms with Gasteiger partial charge in [-0.1, -0.05) is 23.2 Å². The van der Waals surface area contributed by atoms with Gasteiger partial charge in [-0.3, -0.25) is 4.79 Å². The molecule has 0 amide bonds. The van der Waals surface area contributed by atoms with Gasteiger partial charge in [-0.25, -0.2) is 9.97 Å². The lowest BCUT2D eigenvalue weighted by Gasteiger charge is -2.02. The Kier molecular flexibility index (Phi) is 2.78. The minimum atomic E-state index is -0.626. The standard InChI is InChI=1S/C9H3Cl3N2O/c10-6-3-13-8-5(14-6)2-1-4(7(8)11)9(12)15/h1-3H. The van der Waals surface area contributed by atoms with Gasteiger partial charge in [0.2, 0.25) is 0 Å². The van der Waals surface area contributed by atoms with Crippen molar-refractivity contribution in [1.29, 1.82) is 0 Å². The molecule has 76 valence electrons. The molecule has 15 heavy (non-hydrogen) atoms. The molecule has 0 aliphatic heterocycles. The maximum atomic E-state index is 11.0. The third-order valence-corrected chi connectivity index (χ3v) is 2.60. The van der Waals surface area contributed by atoms with Crippen LogP contribution in [0, 0.1) is 0 Å². The van der Waals surface area contributed by atoms with E-state index in [1.165, 1.54) is 12.3 Å². The Labute approximate surface area is 100.0 Å². The second kappa shape index (κ2) is 3.93. The summed E-state index contributed by atoms with van der Waals surface area (Å²) in [4.78, 5) is 19.0. The van der Waals surface area contributed by atoms with Crippen molar-refractivity contribution in [2.75, 3.05) is 0 Å². The Bertz CT molecular complexity index is 556. The molecule has 0 N–H and O–H groups in total. The molecule has 2 aromatic rings. The molecule has 0 aliphatic carbocycles. The highest BCUT2D eigenvalue weighted by atomic mass is 35.5. The fourth-order valence-electron chi connectivity index (χ4n) is 1.18. The van der Waals surface area contributed by atoms with Gasteiger partial charge in [-0.05, 0) is 23.7 Å². The van der Waals surface area contributed by atoms with Crippen molar-refractivity contribution in [3.8, 4) is 0 Å². The molecule has 0 spiro atoms. The van der Waals surface area contributed by atoms with Gasteiger partial charge in [0.05, 0.1) is 22.3 Å². The van der Waals surface area contributed by atoms with E-state index >= 15 is 0 Å². The molecule has 6 heteroatoms. The minimum absolute atomic E-state index is 0.191. The average Bonchev–Trinajstić information content (AvgIpc) is 2.17. The van der Waals surface area contributed by atoms with E-state index in [0.29, 0.717) is 11.0 Å². The molecule has 3 nitrogen and oxygen atoms in total. The lowest BCUT2D eigenvalue weighted by molar-refractivity contribution is 0.108. The van der Waals surface area contributed by atoms with Gasteiger partial charge < -0.3 is 0 Å². The van der Waals surface area contributed by atoms with Crippen molar-refractivity contribution in [2.24, 2.45) is 0 Å². The predicted molar refractivity (Wildman–Crippen MR) is 59.7 cm³/mol. The first kappa shape index (κ1) is 10.6. The number of halogens is 3. The average molecular weight is 261 g/mol. The highest BCUT2D eigenvalue weighted by Crippen LogP contribution is 2.26. The number of benzene rings is 1. The Hall–Kier alpha value is -0.900. The molecule has 0 saturated carbocycles. The molecule has 0 atom stereocenters. The van der Waals surface area contributed by atoms with Crippen LogP contribution in [0.4, 0.5) is 0 Å². The highest BCUT2D eigenvalue weighted by Gasteiger charge is 2.12. The molecule has 0 unspecified atom stereocenters. The normalized spacial score (nSPS) is 10.6. The Morgan fingerprint density at radius 2 is 2.00 bits per heavy atom. The molecular formula is C9H3Cl3N2O. The van der Waals surface area contributed by atoms with Crippen LogP contribution in [0.3, 0.4) is 0 Å². The third kappa shape index (κ3) is 1.91. The monoisotopic (exact) mass is 260 g/mol. The van der Waals surface area contributed by atoms with E-state index < -0.39 is 5.24 Å². The van der Waals surface area contributed by atoms with Crippen LogP contribution in [0.15, 0.2) is 18.3 Å². The number of rotatable bonds is 1. The second-order valence-electron chi connectivity index (χ2n) is 2.76. The van der Waals surface area contributed by atoms with Crippen molar-refractivity contribution in [1.82, 2.24) is 9.97 Å². The molecule has 0 fully saturated rings. The van der Waals surface area contributed by atoms with Crippen LogP contribution >= 0.6 is 34.8 Å². The largest absolute Gasteiger partial charge is 0.276 e. The van der Waals surface area contributed by atoms with E-state index in [1.807, 2.05) is 0 Å². The zero-order valence-electron chi connectivity index (χ0n) is 7.17. The van der Waals surface area contributed by atoms with Crippen LogP contribution in [-0.2, 0) is 0 Å². The van der Waals surface area contributed by atoms with E-state index in [0.717, 1.165) is 0 Å². The molecule has 0 bridgehead atoms. The van der Waals surface area contributed by atoms with Crippen molar-refractivity contribution in [2.45, 2.75) is 0 Å². The molecule has 1 heterocycles. The van der Waals surface area contributed by atoms with E-state index in [9.17, 15) is 4.79 Å². The lowest BCUT2D eigenvalue weighted by atomic mass is 10.2. The fraction of sp³-hybridized carbons (Fsp3) is 0. The van der Waals surface area contributed by atoms with E-state index in [-0.39, 0.29) is 15.7 Å². The number of carbonyl (C=O) groups is 1. The molecule has 1 aromatic heterocycles. The van der Waals surface area contributed by atoms with Gasteiger partial charge in [-0.2, -0.15) is 0 Å². The molecular weight excluding hydrogens is 258 g/mol. The molecule has 0 aliphatic rings. The first-order valence-electron chi connectivity index (χ1n) is 3.90. The van der Waals surface area contributed by atoms with Crippen LogP contribution in [0.5, 0.6) is 0 Å². The summed E-state index contributed by atoms with van der Waals surface area (Å²) in [5.74, 6) is 0. The van der Waals surface area contributed by atoms with Gasteiger partial charge in [0.15, 0.2) is 0 Å². The Balaban J connectivity index is 2.80.